The van der Waals surface area contributed by atoms with Crippen LogP contribution in [0.3, 0.4) is 0 Å². The van der Waals surface area contributed by atoms with Crippen LogP contribution in [0.2, 0.25) is 0 Å². The molecule has 0 aliphatic carbocycles. The van der Waals surface area contributed by atoms with Gasteiger partial charge in [0.25, 0.3) is 10.1 Å². The average molecular weight is 249 g/mol. The van der Waals surface area contributed by atoms with E-state index in [1.54, 1.807) is 6.92 Å². The summed E-state index contributed by atoms with van der Waals surface area (Å²) >= 11 is 0. The fraction of sp³-hybridized carbons (Fsp3) is 0.700. The zero-order chi connectivity index (χ0) is 12.8. The van der Waals surface area contributed by atoms with E-state index in [9.17, 15) is 13.2 Å². The molecule has 5 nitrogen and oxygen atoms in total. The molecule has 1 unspecified atom stereocenters. The van der Waals surface area contributed by atoms with Crippen LogP contribution in [0.15, 0.2) is 12.2 Å². The molecule has 0 spiro atoms. The van der Waals surface area contributed by atoms with Gasteiger partial charge in [0.15, 0.2) is 0 Å². The van der Waals surface area contributed by atoms with E-state index >= 15 is 0 Å². The lowest BCUT2D eigenvalue weighted by atomic mass is 10.1. The monoisotopic (exact) mass is 249 g/mol. The van der Waals surface area contributed by atoms with E-state index in [2.05, 4.69) is 11.9 Å². The van der Waals surface area contributed by atoms with Crippen LogP contribution in [-0.2, 0) is 14.9 Å². The average Bonchev–Trinajstić information content (AvgIpc) is 2.11. The van der Waals surface area contributed by atoms with Crippen molar-refractivity contribution in [3.63, 3.8) is 0 Å². The second-order valence-corrected chi connectivity index (χ2v) is 5.34. The van der Waals surface area contributed by atoms with Crippen molar-refractivity contribution in [1.29, 1.82) is 0 Å². The third-order valence-corrected chi connectivity index (χ3v) is 2.86. The molecule has 2 N–H and O–H groups in total. The Bertz CT molecular complexity index is 348. The van der Waals surface area contributed by atoms with Gasteiger partial charge in [0, 0.05) is 11.6 Å². The van der Waals surface area contributed by atoms with Crippen molar-refractivity contribution in [3.05, 3.63) is 12.2 Å². The summed E-state index contributed by atoms with van der Waals surface area (Å²) in [5, 5.41) is 2.53. The van der Waals surface area contributed by atoms with Gasteiger partial charge in [-0.25, -0.2) is 0 Å². The summed E-state index contributed by atoms with van der Waals surface area (Å²) in [5.74, 6) is -0.837. The van der Waals surface area contributed by atoms with Crippen LogP contribution < -0.4 is 5.32 Å². The van der Waals surface area contributed by atoms with Gasteiger partial charge in [-0.2, -0.15) is 8.42 Å². The Kier molecular flexibility index (Phi) is 6.28. The molecule has 0 heterocycles. The minimum Gasteiger partial charge on any atom is -0.348 e. The molecular weight excluding hydrogens is 230 g/mol. The lowest BCUT2D eigenvalue weighted by molar-refractivity contribution is -0.118. The van der Waals surface area contributed by atoms with Crippen LogP contribution in [0.25, 0.3) is 0 Å². The fourth-order valence-corrected chi connectivity index (χ4v) is 1.97. The molecule has 16 heavy (non-hydrogen) atoms. The zero-order valence-electron chi connectivity index (χ0n) is 9.69. The van der Waals surface area contributed by atoms with Gasteiger partial charge < -0.3 is 5.32 Å². The first-order valence-corrected chi connectivity index (χ1v) is 6.78. The van der Waals surface area contributed by atoms with E-state index in [-0.39, 0.29) is 5.91 Å². The lowest BCUT2D eigenvalue weighted by Crippen LogP contribution is -2.39. The molecule has 0 bridgehead atoms. The molecule has 0 fully saturated rings. The predicted octanol–water partition coefficient (Wildman–Crippen LogP) is 1.13. The van der Waals surface area contributed by atoms with Crippen LogP contribution in [0.5, 0.6) is 0 Å². The number of hydrogen-bond donors (Lipinski definition) is 2. The number of nitrogens with one attached hydrogen (secondary N) is 1. The van der Waals surface area contributed by atoms with Crippen molar-refractivity contribution in [2.45, 2.75) is 39.2 Å². The third kappa shape index (κ3) is 7.42. The van der Waals surface area contributed by atoms with Gasteiger partial charge in [-0.05, 0) is 13.3 Å². The van der Waals surface area contributed by atoms with E-state index in [0.29, 0.717) is 12.0 Å². The molecule has 0 aromatic rings. The van der Waals surface area contributed by atoms with Crippen molar-refractivity contribution in [1.82, 2.24) is 5.32 Å². The highest BCUT2D eigenvalue weighted by Crippen LogP contribution is 2.04. The summed E-state index contributed by atoms with van der Waals surface area (Å²) in [7, 11) is -4.07. The Morgan fingerprint density at radius 3 is 2.44 bits per heavy atom. The summed E-state index contributed by atoms with van der Waals surface area (Å²) in [6, 6.07) is -0.556. The molecule has 0 rings (SSSR count). The molecule has 0 aromatic carbocycles. The van der Waals surface area contributed by atoms with E-state index in [1.165, 1.54) is 0 Å². The minimum atomic E-state index is -4.07. The second-order valence-electron chi connectivity index (χ2n) is 3.84. The Hall–Kier alpha value is -0.880. The maximum absolute atomic E-state index is 11.3. The predicted molar refractivity (Wildman–Crippen MR) is 62.7 cm³/mol. The largest absolute Gasteiger partial charge is 0.348 e. The van der Waals surface area contributed by atoms with Crippen LogP contribution in [-0.4, -0.2) is 30.7 Å². The molecule has 6 heteroatoms. The highest BCUT2D eigenvalue weighted by molar-refractivity contribution is 7.85. The van der Waals surface area contributed by atoms with E-state index in [4.69, 9.17) is 4.55 Å². The van der Waals surface area contributed by atoms with Gasteiger partial charge in [0.1, 0.15) is 0 Å². The summed E-state index contributed by atoms with van der Waals surface area (Å²) in [6.07, 6.45) is 2.21. The Morgan fingerprint density at radius 1 is 1.50 bits per heavy atom. The van der Waals surface area contributed by atoms with Crippen molar-refractivity contribution in [2.75, 3.05) is 5.75 Å². The minimum absolute atomic E-state index is 0.317. The Morgan fingerprint density at radius 2 is 2.06 bits per heavy atom. The normalized spacial score (nSPS) is 13.2. The standard InChI is InChI=1S/C10H19NO4S/c1-4-5-6-9(7-16(13,14)15)11-10(12)8(2)3/h9H,2,4-7H2,1,3H3,(H,11,12)(H,13,14,15). The molecule has 0 aliphatic heterocycles. The number of unbranched alkanes of at least 4 members (excludes halogenated alkanes) is 1. The maximum atomic E-state index is 11.3. The molecule has 0 aromatic heterocycles. The van der Waals surface area contributed by atoms with Gasteiger partial charge in [-0.15, -0.1) is 0 Å². The van der Waals surface area contributed by atoms with Gasteiger partial charge in [0.05, 0.1) is 5.75 Å². The van der Waals surface area contributed by atoms with E-state index in [1.807, 2.05) is 6.92 Å². The van der Waals surface area contributed by atoms with Gasteiger partial charge >= 0.3 is 0 Å². The molecule has 1 atom stereocenters. The summed E-state index contributed by atoms with van der Waals surface area (Å²) in [6.45, 7) is 6.97. The number of amides is 1. The molecule has 1 amide bonds. The van der Waals surface area contributed by atoms with Crippen molar-refractivity contribution in [3.8, 4) is 0 Å². The van der Waals surface area contributed by atoms with Gasteiger partial charge in [-0.3, -0.25) is 9.35 Å². The third-order valence-electron chi connectivity index (χ3n) is 2.04. The quantitative estimate of drug-likeness (QED) is 0.523. The van der Waals surface area contributed by atoms with Crippen molar-refractivity contribution < 1.29 is 17.8 Å². The summed E-state index contributed by atoms with van der Waals surface area (Å²) < 4.78 is 30.2. The lowest BCUT2D eigenvalue weighted by Gasteiger charge is -2.16. The SMILES string of the molecule is C=C(C)C(=O)NC(CCCC)CS(=O)(=O)O. The second kappa shape index (κ2) is 6.65. The first kappa shape index (κ1) is 15.1. The summed E-state index contributed by atoms with van der Waals surface area (Å²) in [4.78, 5) is 11.3. The Balaban J connectivity index is 4.43. The zero-order valence-corrected chi connectivity index (χ0v) is 10.5. The van der Waals surface area contributed by atoms with Crippen molar-refractivity contribution in [2.24, 2.45) is 0 Å². The van der Waals surface area contributed by atoms with Crippen molar-refractivity contribution >= 4 is 16.0 Å². The first-order valence-electron chi connectivity index (χ1n) is 5.17. The number of carbonyl (C=O) groups excluding carboxylic acids is 1. The number of rotatable bonds is 7. The smallest absolute Gasteiger partial charge is 0.266 e. The molecular formula is C10H19NO4S. The molecule has 0 radical (unpaired) electrons. The Labute approximate surface area is 96.7 Å². The van der Waals surface area contributed by atoms with Crippen LogP contribution in [0.4, 0.5) is 0 Å². The van der Waals surface area contributed by atoms with Crippen LogP contribution >= 0.6 is 0 Å². The van der Waals surface area contributed by atoms with Gasteiger partial charge in [-0.1, -0.05) is 26.3 Å². The van der Waals surface area contributed by atoms with Crippen LogP contribution in [0, 0.1) is 0 Å². The fourth-order valence-electron chi connectivity index (χ4n) is 1.21. The number of hydrogen-bond acceptors (Lipinski definition) is 3. The molecule has 0 saturated carbocycles. The molecule has 0 saturated heterocycles. The van der Waals surface area contributed by atoms with Crippen LogP contribution in [0.1, 0.15) is 33.1 Å². The van der Waals surface area contributed by atoms with Gasteiger partial charge in [0.2, 0.25) is 5.91 Å². The molecule has 0 aliphatic rings. The maximum Gasteiger partial charge on any atom is 0.266 e. The van der Waals surface area contributed by atoms with E-state index in [0.717, 1.165) is 12.8 Å². The number of carbonyl (C=O) groups is 1. The first-order chi connectivity index (χ1) is 7.26. The highest BCUT2D eigenvalue weighted by atomic mass is 32.2. The topological polar surface area (TPSA) is 83.5 Å². The molecule has 94 valence electrons. The highest BCUT2D eigenvalue weighted by Gasteiger charge is 2.18. The van der Waals surface area contributed by atoms with E-state index < -0.39 is 21.9 Å². The summed E-state index contributed by atoms with van der Waals surface area (Å²) in [5.41, 5.74) is 0.317.